The predicted molar refractivity (Wildman–Crippen MR) is 93.3 cm³/mol. The van der Waals surface area contributed by atoms with Crippen LogP contribution in [-0.4, -0.2) is 59.3 Å². The zero-order chi connectivity index (χ0) is 17.6. The lowest BCUT2D eigenvalue weighted by molar-refractivity contribution is 0.0172. The molecule has 1 atom stereocenters. The second-order valence-electron chi connectivity index (χ2n) is 6.06. The number of rotatable bonds is 8. The van der Waals surface area contributed by atoms with Crippen molar-refractivity contribution in [3.05, 3.63) is 29.8 Å². The Hall–Kier alpha value is -1.19. The molecule has 0 saturated carbocycles. The number of hydrogen-bond acceptors (Lipinski definition) is 5. The first-order valence-corrected chi connectivity index (χ1v) is 9.62. The maximum Gasteiger partial charge on any atom is 0.277 e. The highest BCUT2D eigenvalue weighted by Gasteiger charge is 2.24. The average molecular weight is 357 g/mol. The first kappa shape index (κ1) is 19.1. The molecule has 2 N–H and O–H groups in total. The standard InChI is InChI=1S/C16H27N3O4S/c1-13(2)18-24(20,21)17-12-16(19-8-10-23-11-9-19)14-4-6-15(22-3)7-5-14/h4-7,13,16-18H,8-12H2,1-3H3. The fourth-order valence-corrected chi connectivity index (χ4v) is 3.79. The van der Waals surface area contributed by atoms with E-state index >= 15 is 0 Å². The minimum Gasteiger partial charge on any atom is -0.497 e. The van der Waals surface area contributed by atoms with E-state index in [1.54, 1.807) is 21.0 Å². The summed E-state index contributed by atoms with van der Waals surface area (Å²) in [7, 11) is -1.89. The quantitative estimate of drug-likeness (QED) is 0.723. The van der Waals surface area contributed by atoms with Crippen LogP contribution in [0.5, 0.6) is 5.75 Å². The van der Waals surface area contributed by atoms with Gasteiger partial charge in [-0.15, -0.1) is 0 Å². The summed E-state index contributed by atoms with van der Waals surface area (Å²) in [6.07, 6.45) is 0. The van der Waals surface area contributed by atoms with E-state index in [9.17, 15) is 8.42 Å². The van der Waals surface area contributed by atoms with Crippen molar-refractivity contribution >= 4 is 10.2 Å². The Balaban J connectivity index is 2.13. The maximum absolute atomic E-state index is 12.1. The minimum absolute atomic E-state index is 0.0523. The van der Waals surface area contributed by atoms with Gasteiger partial charge in [0.2, 0.25) is 0 Å². The molecular weight excluding hydrogens is 330 g/mol. The van der Waals surface area contributed by atoms with Gasteiger partial charge >= 0.3 is 0 Å². The number of nitrogens with one attached hydrogen (secondary N) is 2. The van der Waals surface area contributed by atoms with Gasteiger partial charge in [0, 0.05) is 31.7 Å². The van der Waals surface area contributed by atoms with Gasteiger partial charge in [-0.1, -0.05) is 12.1 Å². The van der Waals surface area contributed by atoms with E-state index < -0.39 is 10.2 Å². The van der Waals surface area contributed by atoms with Gasteiger partial charge in [-0.25, -0.2) is 4.72 Å². The maximum atomic E-state index is 12.1. The van der Waals surface area contributed by atoms with Crippen molar-refractivity contribution in [2.75, 3.05) is 40.0 Å². The van der Waals surface area contributed by atoms with E-state index in [-0.39, 0.29) is 12.1 Å². The van der Waals surface area contributed by atoms with Crippen LogP contribution in [0.3, 0.4) is 0 Å². The molecule has 1 aromatic carbocycles. The van der Waals surface area contributed by atoms with E-state index in [2.05, 4.69) is 14.3 Å². The van der Waals surface area contributed by atoms with Crippen LogP contribution in [0.25, 0.3) is 0 Å². The third-order valence-corrected chi connectivity index (χ3v) is 5.17. The summed E-state index contributed by atoms with van der Waals surface area (Å²) >= 11 is 0. The molecule has 0 bridgehead atoms. The Bertz CT molecular complexity index is 598. The topological polar surface area (TPSA) is 79.9 Å². The molecule has 136 valence electrons. The molecule has 1 aromatic rings. The van der Waals surface area contributed by atoms with E-state index in [1.807, 2.05) is 24.3 Å². The van der Waals surface area contributed by atoms with Gasteiger partial charge in [0.25, 0.3) is 10.2 Å². The average Bonchev–Trinajstić information content (AvgIpc) is 2.55. The number of ether oxygens (including phenoxy) is 2. The van der Waals surface area contributed by atoms with Crippen LogP contribution < -0.4 is 14.2 Å². The molecule has 1 fully saturated rings. The fourth-order valence-electron chi connectivity index (χ4n) is 2.71. The van der Waals surface area contributed by atoms with Crippen LogP contribution in [0.4, 0.5) is 0 Å². The monoisotopic (exact) mass is 357 g/mol. The van der Waals surface area contributed by atoms with Crippen molar-refractivity contribution in [2.24, 2.45) is 0 Å². The molecule has 1 saturated heterocycles. The van der Waals surface area contributed by atoms with Crippen LogP contribution in [-0.2, 0) is 14.9 Å². The molecule has 24 heavy (non-hydrogen) atoms. The second-order valence-corrected chi connectivity index (χ2v) is 7.59. The first-order valence-electron chi connectivity index (χ1n) is 8.14. The molecule has 1 unspecified atom stereocenters. The van der Waals surface area contributed by atoms with E-state index in [0.29, 0.717) is 19.8 Å². The zero-order valence-electron chi connectivity index (χ0n) is 14.5. The number of nitrogens with zero attached hydrogens (tertiary/aromatic N) is 1. The van der Waals surface area contributed by atoms with Crippen LogP contribution in [0.15, 0.2) is 24.3 Å². The second kappa shape index (κ2) is 8.77. The Labute approximate surface area is 144 Å². The van der Waals surface area contributed by atoms with E-state index in [0.717, 1.165) is 24.4 Å². The smallest absolute Gasteiger partial charge is 0.277 e. The first-order chi connectivity index (χ1) is 11.4. The van der Waals surface area contributed by atoms with Crippen LogP contribution in [0, 0.1) is 0 Å². The largest absolute Gasteiger partial charge is 0.497 e. The summed E-state index contributed by atoms with van der Waals surface area (Å²) in [6, 6.07) is 7.54. The van der Waals surface area contributed by atoms with Gasteiger partial charge in [0.05, 0.1) is 20.3 Å². The molecule has 7 nitrogen and oxygen atoms in total. The minimum atomic E-state index is -3.52. The van der Waals surface area contributed by atoms with Crippen molar-refractivity contribution in [1.29, 1.82) is 0 Å². The summed E-state index contributed by atoms with van der Waals surface area (Å²) in [4.78, 5) is 2.24. The van der Waals surface area contributed by atoms with Gasteiger partial charge < -0.3 is 9.47 Å². The SMILES string of the molecule is COc1ccc(C(CNS(=O)(=O)NC(C)C)N2CCOCC2)cc1. The van der Waals surface area contributed by atoms with Gasteiger partial charge in [0.1, 0.15) is 5.75 Å². The number of methoxy groups -OCH3 is 1. The summed E-state index contributed by atoms with van der Waals surface area (Å²) in [5.41, 5.74) is 1.05. The molecule has 0 spiro atoms. The zero-order valence-corrected chi connectivity index (χ0v) is 15.3. The third kappa shape index (κ3) is 5.71. The molecule has 0 amide bonds. The van der Waals surface area contributed by atoms with Crippen molar-refractivity contribution < 1.29 is 17.9 Å². The Morgan fingerprint density at radius 3 is 2.38 bits per heavy atom. The summed E-state index contributed by atoms with van der Waals surface area (Å²) in [5, 5.41) is 0. The Morgan fingerprint density at radius 1 is 1.21 bits per heavy atom. The number of morpholine rings is 1. The molecule has 1 aliphatic rings. The van der Waals surface area contributed by atoms with Crippen molar-refractivity contribution in [1.82, 2.24) is 14.3 Å². The highest BCUT2D eigenvalue weighted by atomic mass is 32.2. The molecule has 0 radical (unpaired) electrons. The molecule has 2 rings (SSSR count). The van der Waals surface area contributed by atoms with Gasteiger partial charge in [0.15, 0.2) is 0 Å². The molecular formula is C16H27N3O4S. The van der Waals surface area contributed by atoms with Crippen molar-refractivity contribution in [3.8, 4) is 5.75 Å². The van der Waals surface area contributed by atoms with E-state index in [4.69, 9.17) is 9.47 Å². The lowest BCUT2D eigenvalue weighted by atomic mass is 10.0. The normalized spacial score (nSPS) is 17.8. The van der Waals surface area contributed by atoms with Crippen molar-refractivity contribution in [3.63, 3.8) is 0 Å². The lowest BCUT2D eigenvalue weighted by Crippen LogP contribution is -2.47. The van der Waals surface area contributed by atoms with Gasteiger partial charge in [-0.3, -0.25) is 4.90 Å². The fraction of sp³-hybridized carbons (Fsp3) is 0.625. The van der Waals surface area contributed by atoms with Gasteiger partial charge in [-0.2, -0.15) is 13.1 Å². The molecule has 1 aliphatic heterocycles. The van der Waals surface area contributed by atoms with Crippen LogP contribution in [0.1, 0.15) is 25.5 Å². The Kier molecular flexibility index (Phi) is 7.00. The number of benzene rings is 1. The highest BCUT2D eigenvalue weighted by Crippen LogP contribution is 2.23. The lowest BCUT2D eigenvalue weighted by Gasteiger charge is -2.35. The third-order valence-electron chi connectivity index (χ3n) is 3.84. The summed E-state index contributed by atoms with van der Waals surface area (Å²) in [5.74, 6) is 0.779. The molecule has 0 aromatic heterocycles. The van der Waals surface area contributed by atoms with Crippen LogP contribution >= 0.6 is 0 Å². The van der Waals surface area contributed by atoms with Gasteiger partial charge in [-0.05, 0) is 31.5 Å². The van der Waals surface area contributed by atoms with Crippen molar-refractivity contribution in [2.45, 2.75) is 25.9 Å². The molecule has 0 aliphatic carbocycles. The number of hydrogen-bond donors (Lipinski definition) is 2. The predicted octanol–water partition coefficient (Wildman–Crippen LogP) is 0.901. The Morgan fingerprint density at radius 2 is 1.83 bits per heavy atom. The molecule has 8 heteroatoms. The van der Waals surface area contributed by atoms with E-state index in [1.165, 1.54) is 0 Å². The molecule has 1 heterocycles. The summed E-state index contributed by atoms with van der Waals surface area (Å²) < 4.78 is 40.0. The summed E-state index contributed by atoms with van der Waals surface area (Å²) in [6.45, 7) is 6.75. The van der Waals surface area contributed by atoms with Crippen LogP contribution in [0.2, 0.25) is 0 Å². The highest BCUT2D eigenvalue weighted by molar-refractivity contribution is 7.87.